The zero-order chi connectivity index (χ0) is 23.3. The number of piperidine rings is 1. The molecule has 2 heterocycles. The van der Waals surface area contributed by atoms with Crippen molar-refractivity contribution >= 4 is 23.2 Å². The minimum Gasteiger partial charge on any atom is -0.361 e. The summed E-state index contributed by atoms with van der Waals surface area (Å²) in [6, 6.07) is 5.89. The van der Waals surface area contributed by atoms with Crippen molar-refractivity contribution in [3.05, 3.63) is 68.7 Å². The first-order valence-corrected chi connectivity index (χ1v) is 10.9. The van der Waals surface area contributed by atoms with E-state index in [0.29, 0.717) is 17.7 Å². The topological polar surface area (TPSA) is 13.7 Å². The van der Waals surface area contributed by atoms with Gasteiger partial charge in [-0.15, -0.1) is 0 Å². The highest BCUT2D eigenvalue weighted by Crippen LogP contribution is 2.42. The minimum absolute atomic E-state index is 0.0554. The van der Waals surface area contributed by atoms with E-state index < -0.39 is 35.6 Å². The maximum Gasteiger partial charge on any atom is 0.416 e. The molecule has 2 aromatic rings. The van der Waals surface area contributed by atoms with E-state index in [1.165, 1.54) is 12.1 Å². The van der Waals surface area contributed by atoms with Crippen molar-refractivity contribution in [2.24, 2.45) is 0 Å². The van der Waals surface area contributed by atoms with Crippen LogP contribution in [0.15, 0.2) is 36.4 Å². The number of benzene rings is 2. The quantitative estimate of drug-likeness (QED) is 0.481. The van der Waals surface area contributed by atoms with Crippen LogP contribution in [0.4, 0.5) is 26.3 Å². The lowest BCUT2D eigenvalue weighted by Crippen LogP contribution is -3.18. The Kier molecular flexibility index (Phi) is 6.44. The van der Waals surface area contributed by atoms with Crippen LogP contribution in [0.5, 0.6) is 0 Å². The molecule has 174 valence electrons. The van der Waals surface area contributed by atoms with Gasteiger partial charge in [-0.3, -0.25) is 0 Å². The predicted molar refractivity (Wildman–Crippen MR) is 108 cm³/mol. The van der Waals surface area contributed by atoms with E-state index >= 15 is 0 Å². The van der Waals surface area contributed by atoms with E-state index in [2.05, 4.69) is 0 Å². The molecule has 0 spiro atoms. The van der Waals surface area contributed by atoms with Crippen molar-refractivity contribution in [1.82, 2.24) is 0 Å². The molecule has 4 atom stereocenters. The molecular weight excluding hydrogens is 479 g/mol. The number of fused-ring (bicyclic) bond motifs is 1. The maximum absolute atomic E-state index is 13.1. The molecule has 0 amide bonds. The number of rotatable bonds is 2. The van der Waals surface area contributed by atoms with Crippen molar-refractivity contribution in [3.8, 4) is 0 Å². The second-order valence-electron chi connectivity index (χ2n) is 8.22. The van der Waals surface area contributed by atoms with Crippen LogP contribution < -0.4 is 4.90 Å². The summed E-state index contributed by atoms with van der Waals surface area (Å²) in [6.07, 6.45) is -7.01. The molecule has 4 rings (SSSR count). The Hall–Kier alpha value is -1.48. The molecule has 10 heteroatoms. The van der Waals surface area contributed by atoms with Gasteiger partial charge in [0.25, 0.3) is 0 Å². The molecule has 2 nitrogen and oxygen atoms in total. The fourth-order valence-corrected chi connectivity index (χ4v) is 5.33. The fraction of sp³-hybridized carbons (Fsp3) is 0.455. The smallest absolute Gasteiger partial charge is 0.361 e. The lowest BCUT2D eigenvalue weighted by molar-refractivity contribution is -0.974. The van der Waals surface area contributed by atoms with E-state index in [1.807, 2.05) is 0 Å². The van der Waals surface area contributed by atoms with Gasteiger partial charge in [0.2, 0.25) is 0 Å². The zero-order valence-corrected chi connectivity index (χ0v) is 18.2. The van der Waals surface area contributed by atoms with E-state index in [9.17, 15) is 26.3 Å². The van der Waals surface area contributed by atoms with Gasteiger partial charge in [0.15, 0.2) is 0 Å². The number of halogens is 8. The lowest BCUT2D eigenvalue weighted by atomic mass is 9.87. The standard InChI is InChI=1S/C22H19Cl2F6NO/c23-17-9-12(21(25,26)27)4-6-15(17)19-20(32-11-14-3-1-2-8-31(14)19)16-7-5-13(10-18(16)24)22(28,29)30/h4-7,9-10,14,19-20H,1-3,8,11H2/p+1. The molecule has 0 saturated carbocycles. The van der Waals surface area contributed by atoms with Gasteiger partial charge in [-0.05, 0) is 37.1 Å². The van der Waals surface area contributed by atoms with Gasteiger partial charge in [-0.1, -0.05) is 35.3 Å². The molecule has 2 aliphatic rings. The first kappa shape index (κ1) is 23.7. The van der Waals surface area contributed by atoms with Crippen LogP contribution in [0.25, 0.3) is 0 Å². The fourth-order valence-electron chi connectivity index (χ4n) is 4.74. The second-order valence-corrected chi connectivity index (χ2v) is 9.03. The Balaban J connectivity index is 1.78. The third-order valence-electron chi connectivity index (χ3n) is 6.27. The highest BCUT2D eigenvalue weighted by atomic mass is 35.5. The average molecular weight is 499 g/mol. The van der Waals surface area contributed by atoms with Crippen LogP contribution in [-0.2, 0) is 17.1 Å². The highest BCUT2D eigenvalue weighted by molar-refractivity contribution is 6.32. The minimum atomic E-state index is -4.55. The van der Waals surface area contributed by atoms with Crippen LogP contribution >= 0.6 is 23.2 Å². The van der Waals surface area contributed by atoms with E-state index in [1.54, 1.807) is 0 Å². The van der Waals surface area contributed by atoms with Crippen molar-refractivity contribution in [1.29, 1.82) is 0 Å². The summed E-state index contributed by atoms with van der Waals surface area (Å²) in [4.78, 5) is 1.10. The lowest BCUT2D eigenvalue weighted by Gasteiger charge is -2.46. The number of alkyl halides is 6. The Labute approximate surface area is 191 Å². The molecule has 32 heavy (non-hydrogen) atoms. The monoisotopic (exact) mass is 498 g/mol. The summed E-state index contributed by atoms with van der Waals surface area (Å²) in [5.41, 5.74) is -0.925. The molecule has 0 aliphatic carbocycles. The average Bonchev–Trinajstić information content (AvgIpc) is 2.72. The van der Waals surface area contributed by atoms with Gasteiger partial charge >= 0.3 is 12.4 Å². The Morgan fingerprint density at radius 3 is 1.91 bits per heavy atom. The molecule has 4 unspecified atom stereocenters. The number of quaternary nitrogens is 1. The number of morpholine rings is 1. The molecule has 2 aromatic carbocycles. The van der Waals surface area contributed by atoms with Crippen LogP contribution in [0.1, 0.15) is 53.7 Å². The summed E-state index contributed by atoms with van der Waals surface area (Å²) in [7, 11) is 0. The molecule has 2 fully saturated rings. The summed E-state index contributed by atoms with van der Waals surface area (Å²) in [6.45, 7) is 1.14. The number of hydrogen-bond acceptors (Lipinski definition) is 1. The number of hydrogen-bond donors (Lipinski definition) is 1. The van der Waals surface area contributed by atoms with Gasteiger partial charge in [0, 0.05) is 22.6 Å². The molecule has 2 saturated heterocycles. The largest absolute Gasteiger partial charge is 0.416 e. The van der Waals surface area contributed by atoms with Crippen LogP contribution in [0.2, 0.25) is 10.0 Å². The molecule has 2 aliphatic heterocycles. The van der Waals surface area contributed by atoms with Crippen molar-refractivity contribution < 1.29 is 36.0 Å². The third-order valence-corrected chi connectivity index (χ3v) is 6.92. The predicted octanol–water partition coefficient (Wildman–Crippen LogP) is 6.28. The normalized spacial score (nSPS) is 26.6. The first-order valence-electron chi connectivity index (χ1n) is 10.2. The third kappa shape index (κ3) is 4.60. The molecule has 0 radical (unpaired) electrons. The summed E-state index contributed by atoms with van der Waals surface area (Å²) < 4.78 is 84.8. The van der Waals surface area contributed by atoms with E-state index in [4.69, 9.17) is 27.9 Å². The second kappa shape index (κ2) is 8.70. The summed E-state index contributed by atoms with van der Waals surface area (Å²) in [5.74, 6) is 0. The van der Waals surface area contributed by atoms with Gasteiger partial charge in [0.1, 0.15) is 18.2 Å². The molecule has 0 aromatic heterocycles. The van der Waals surface area contributed by atoms with Gasteiger partial charge < -0.3 is 9.64 Å². The van der Waals surface area contributed by atoms with Gasteiger partial charge in [-0.2, -0.15) is 26.3 Å². The zero-order valence-electron chi connectivity index (χ0n) is 16.7. The van der Waals surface area contributed by atoms with E-state index in [-0.39, 0.29) is 16.1 Å². The Morgan fingerprint density at radius 2 is 1.38 bits per heavy atom. The number of nitrogens with one attached hydrogen (secondary N) is 1. The number of ether oxygens (including phenoxy) is 1. The summed E-state index contributed by atoms with van der Waals surface area (Å²) >= 11 is 12.6. The highest BCUT2D eigenvalue weighted by Gasteiger charge is 2.46. The summed E-state index contributed by atoms with van der Waals surface area (Å²) in [5, 5.41) is -0.159. The van der Waals surface area contributed by atoms with Crippen LogP contribution in [0.3, 0.4) is 0 Å². The molecular formula is C22H20Cl2F6NO+. The Bertz CT molecular complexity index is 993. The first-order chi connectivity index (χ1) is 15.0. The van der Waals surface area contributed by atoms with E-state index in [0.717, 1.165) is 55.0 Å². The molecule has 0 bridgehead atoms. The van der Waals surface area contributed by atoms with Crippen LogP contribution in [0, 0.1) is 0 Å². The van der Waals surface area contributed by atoms with Gasteiger partial charge in [-0.25, -0.2) is 0 Å². The van der Waals surface area contributed by atoms with Gasteiger partial charge in [0.05, 0.1) is 29.3 Å². The van der Waals surface area contributed by atoms with Crippen molar-refractivity contribution in [3.63, 3.8) is 0 Å². The van der Waals surface area contributed by atoms with Crippen molar-refractivity contribution in [2.45, 2.75) is 49.8 Å². The SMILES string of the molecule is FC(F)(F)c1ccc(C2OCC3CCCC[NH+]3C2c2ccc(C(F)(F)F)cc2Cl)c(Cl)c1. The van der Waals surface area contributed by atoms with Crippen LogP contribution in [-0.4, -0.2) is 19.2 Å². The maximum atomic E-state index is 13.1. The Morgan fingerprint density at radius 1 is 0.812 bits per heavy atom. The van der Waals surface area contributed by atoms with Crippen molar-refractivity contribution in [2.75, 3.05) is 13.2 Å². The molecule has 1 N–H and O–H groups in total.